The Bertz CT molecular complexity index is 553. The van der Waals surface area contributed by atoms with Crippen LogP contribution in [0, 0.1) is 0 Å². The molecule has 1 aromatic carbocycles. The molecule has 2 rings (SSSR count). The van der Waals surface area contributed by atoms with Crippen molar-refractivity contribution in [3.8, 4) is 0 Å². The summed E-state index contributed by atoms with van der Waals surface area (Å²) in [7, 11) is 1.99. The number of benzene rings is 1. The summed E-state index contributed by atoms with van der Waals surface area (Å²) in [5, 5.41) is 5.58. The summed E-state index contributed by atoms with van der Waals surface area (Å²) >= 11 is 0. The first-order chi connectivity index (χ1) is 11.6. The van der Waals surface area contributed by atoms with Crippen LogP contribution < -0.4 is 10.6 Å². The molecule has 0 radical (unpaired) electrons. The van der Waals surface area contributed by atoms with Gasteiger partial charge in [0.2, 0.25) is 11.8 Å². The van der Waals surface area contributed by atoms with Gasteiger partial charge in [0.25, 0.3) is 0 Å². The standard InChI is InChI=1S/C19H29N3O2/c1-3-15-9-7-8-12-17(15)21-18(23)13-20-19(24)14-22(2)16-10-5-4-6-11-16/h7-9,12,16H,3-6,10-11,13-14H2,1-2H3,(H,20,24)(H,21,23). The molecule has 24 heavy (non-hydrogen) atoms. The number of nitrogens with zero attached hydrogens (tertiary/aromatic N) is 1. The van der Waals surface area contributed by atoms with Crippen molar-refractivity contribution >= 4 is 17.5 Å². The van der Waals surface area contributed by atoms with Crippen molar-refractivity contribution in [2.45, 2.75) is 51.5 Å². The molecule has 0 heterocycles. The summed E-state index contributed by atoms with van der Waals surface area (Å²) in [5.74, 6) is -0.286. The van der Waals surface area contributed by atoms with E-state index in [4.69, 9.17) is 0 Å². The number of anilines is 1. The summed E-state index contributed by atoms with van der Waals surface area (Å²) in [6.45, 7) is 2.41. The summed E-state index contributed by atoms with van der Waals surface area (Å²) < 4.78 is 0. The molecule has 5 heteroatoms. The molecule has 2 N–H and O–H groups in total. The minimum absolute atomic E-state index is 0.00931. The molecule has 0 bridgehead atoms. The number of amides is 2. The molecular weight excluding hydrogens is 302 g/mol. The Hall–Kier alpha value is -1.88. The van der Waals surface area contributed by atoms with Crippen molar-refractivity contribution in [1.29, 1.82) is 0 Å². The van der Waals surface area contributed by atoms with Crippen LogP contribution in [-0.2, 0) is 16.0 Å². The fourth-order valence-electron chi connectivity index (χ4n) is 3.26. The fourth-order valence-corrected chi connectivity index (χ4v) is 3.26. The smallest absolute Gasteiger partial charge is 0.243 e. The molecule has 1 aliphatic carbocycles. The van der Waals surface area contributed by atoms with Gasteiger partial charge in [0.05, 0.1) is 13.1 Å². The molecule has 132 valence electrons. The van der Waals surface area contributed by atoms with Crippen LogP contribution in [0.2, 0.25) is 0 Å². The minimum atomic E-state index is -0.190. The highest BCUT2D eigenvalue weighted by Gasteiger charge is 2.19. The molecule has 1 saturated carbocycles. The second kappa shape index (κ2) is 9.42. The van der Waals surface area contributed by atoms with Gasteiger partial charge in [-0.05, 0) is 37.9 Å². The van der Waals surface area contributed by atoms with Gasteiger partial charge < -0.3 is 10.6 Å². The topological polar surface area (TPSA) is 61.4 Å². The van der Waals surface area contributed by atoms with E-state index in [0.717, 1.165) is 30.5 Å². The Labute approximate surface area is 144 Å². The van der Waals surface area contributed by atoms with Crippen molar-refractivity contribution < 1.29 is 9.59 Å². The predicted molar refractivity (Wildman–Crippen MR) is 97.0 cm³/mol. The maximum atomic E-state index is 12.0. The van der Waals surface area contributed by atoms with E-state index in [9.17, 15) is 9.59 Å². The first-order valence-electron chi connectivity index (χ1n) is 8.95. The molecule has 0 atom stereocenters. The average molecular weight is 331 g/mol. The molecule has 0 saturated heterocycles. The molecule has 0 aliphatic heterocycles. The zero-order chi connectivity index (χ0) is 17.4. The molecule has 0 aromatic heterocycles. The van der Waals surface area contributed by atoms with Gasteiger partial charge in [-0.1, -0.05) is 44.4 Å². The van der Waals surface area contributed by atoms with Crippen LogP contribution in [0.25, 0.3) is 0 Å². The third-order valence-corrected chi connectivity index (χ3v) is 4.71. The molecule has 5 nitrogen and oxygen atoms in total. The number of rotatable bonds is 7. The van der Waals surface area contributed by atoms with Gasteiger partial charge >= 0.3 is 0 Å². The predicted octanol–water partition coefficient (Wildman–Crippen LogP) is 2.57. The van der Waals surface area contributed by atoms with E-state index in [-0.39, 0.29) is 18.4 Å². The van der Waals surface area contributed by atoms with Crippen molar-refractivity contribution in [3.05, 3.63) is 29.8 Å². The fraction of sp³-hybridized carbons (Fsp3) is 0.579. The van der Waals surface area contributed by atoms with Crippen molar-refractivity contribution in [2.24, 2.45) is 0 Å². The average Bonchev–Trinajstić information content (AvgIpc) is 2.61. The lowest BCUT2D eigenvalue weighted by atomic mass is 9.94. The number of likely N-dealkylation sites (N-methyl/N-ethyl adjacent to an activating group) is 1. The minimum Gasteiger partial charge on any atom is -0.346 e. The molecule has 1 aliphatic rings. The van der Waals surface area contributed by atoms with Gasteiger partial charge in [-0.2, -0.15) is 0 Å². The van der Waals surface area contributed by atoms with E-state index in [1.54, 1.807) is 0 Å². The Morgan fingerprint density at radius 1 is 1.12 bits per heavy atom. The Kier molecular flexibility index (Phi) is 7.25. The van der Waals surface area contributed by atoms with Gasteiger partial charge in [0.15, 0.2) is 0 Å². The van der Waals surface area contributed by atoms with Gasteiger partial charge in [0, 0.05) is 11.7 Å². The van der Waals surface area contributed by atoms with Crippen LogP contribution in [0.5, 0.6) is 0 Å². The zero-order valence-corrected chi connectivity index (χ0v) is 14.8. The van der Waals surface area contributed by atoms with Crippen molar-refractivity contribution in [3.63, 3.8) is 0 Å². The SMILES string of the molecule is CCc1ccccc1NC(=O)CNC(=O)CN(C)C1CCCCC1. The monoisotopic (exact) mass is 331 g/mol. The van der Waals surface area contributed by atoms with Crippen LogP contribution in [0.3, 0.4) is 0 Å². The van der Waals surface area contributed by atoms with Crippen LogP contribution in [0.4, 0.5) is 5.69 Å². The number of nitrogens with one attached hydrogen (secondary N) is 2. The first-order valence-corrected chi connectivity index (χ1v) is 8.95. The Morgan fingerprint density at radius 3 is 2.54 bits per heavy atom. The maximum Gasteiger partial charge on any atom is 0.243 e. The highest BCUT2D eigenvalue weighted by molar-refractivity contribution is 5.95. The lowest BCUT2D eigenvalue weighted by molar-refractivity contribution is -0.125. The van der Waals surface area contributed by atoms with E-state index >= 15 is 0 Å². The molecule has 0 spiro atoms. The molecule has 1 fully saturated rings. The van der Waals surface area contributed by atoms with E-state index in [2.05, 4.69) is 15.5 Å². The number of hydrogen-bond acceptors (Lipinski definition) is 3. The second-order valence-corrected chi connectivity index (χ2v) is 6.54. The van der Waals surface area contributed by atoms with Crippen molar-refractivity contribution in [1.82, 2.24) is 10.2 Å². The third kappa shape index (κ3) is 5.64. The van der Waals surface area contributed by atoms with Crippen molar-refractivity contribution in [2.75, 3.05) is 25.5 Å². The molecular formula is C19H29N3O2. The number of aryl methyl sites for hydroxylation is 1. The number of carbonyl (C=O) groups excluding carboxylic acids is 2. The summed E-state index contributed by atoms with van der Waals surface area (Å²) in [6, 6.07) is 8.22. The maximum absolute atomic E-state index is 12.0. The first kappa shape index (κ1) is 18.5. The van der Waals surface area contributed by atoms with Crippen LogP contribution in [0.1, 0.15) is 44.6 Å². The second-order valence-electron chi connectivity index (χ2n) is 6.54. The van der Waals surface area contributed by atoms with Gasteiger partial charge in [-0.25, -0.2) is 0 Å². The quantitative estimate of drug-likeness (QED) is 0.807. The lowest BCUT2D eigenvalue weighted by Crippen LogP contribution is -2.43. The largest absolute Gasteiger partial charge is 0.346 e. The van der Waals surface area contributed by atoms with E-state index < -0.39 is 0 Å². The van der Waals surface area contributed by atoms with E-state index in [1.807, 2.05) is 38.2 Å². The van der Waals surface area contributed by atoms with Gasteiger partial charge in [-0.15, -0.1) is 0 Å². The number of carbonyl (C=O) groups is 2. The highest BCUT2D eigenvalue weighted by atomic mass is 16.2. The van der Waals surface area contributed by atoms with Crippen LogP contribution in [-0.4, -0.2) is 42.9 Å². The molecule has 0 unspecified atom stereocenters. The Morgan fingerprint density at radius 2 is 1.83 bits per heavy atom. The number of hydrogen-bond donors (Lipinski definition) is 2. The van der Waals surface area contributed by atoms with Gasteiger partial charge in [0.1, 0.15) is 0 Å². The molecule has 1 aromatic rings. The summed E-state index contributed by atoms with van der Waals surface area (Å²) in [5.41, 5.74) is 1.91. The van der Waals surface area contributed by atoms with Gasteiger partial charge in [-0.3, -0.25) is 14.5 Å². The van der Waals surface area contributed by atoms with Crippen LogP contribution in [0.15, 0.2) is 24.3 Å². The summed E-state index contributed by atoms with van der Waals surface area (Å²) in [4.78, 5) is 26.2. The Balaban J connectivity index is 1.73. The lowest BCUT2D eigenvalue weighted by Gasteiger charge is -2.30. The third-order valence-electron chi connectivity index (χ3n) is 4.71. The summed E-state index contributed by atoms with van der Waals surface area (Å²) in [6.07, 6.45) is 6.98. The number of para-hydroxylation sites is 1. The highest BCUT2D eigenvalue weighted by Crippen LogP contribution is 2.21. The zero-order valence-electron chi connectivity index (χ0n) is 14.8. The van der Waals surface area contributed by atoms with E-state index in [1.165, 1.54) is 19.3 Å². The normalized spacial score (nSPS) is 15.3. The van der Waals surface area contributed by atoms with E-state index in [0.29, 0.717) is 12.6 Å². The van der Waals surface area contributed by atoms with Crippen LogP contribution >= 0.6 is 0 Å². The molecule has 2 amide bonds.